The number of hydrogen-bond donors (Lipinski definition) is 0. The number of aryl methyl sites for hydroxylation is 1. The van der Waals surface area contributed by atoms with E-state index in [1.165, 1.54) is 6.07 Å². The Kier molecular flexibility index (Phi) is 3.46. The monoisotopic (exact) mass is 378 g/mol. The zero-order valence-electron chi connectivity index (χ0n) is 12.9. The predicted octanol–water partition coefficient (Wildman–Crippen LogP) is 2.24. The minimum atomic E-state index is -0.328. The lowest BCUT2D eigenvalue weighted by Crippen LogP contribution is -2.45. The second-order valence-electron chi connectivity index (χ2n) is 5.88. The van der Waals surface area contributed by atoms with E-state index in [0.717, 1.165) is 43.2 Å². The van der Waals surface area contributed by atoms with E-state index in [0.29, 0.717) is 15.8 Å². The summed E-state index contributed by atoms with van der Waals surface area (Å²) in [6, 6.07) is 3.14. The molecule has 0 atom stereocenters. The molecule has 0 spiro atoms. The van der Waals surface area contributed by atoms with Gasteiger partial charge in [0.05, 0.1) is 15.5 Å². The van der Waals surface area contributed by atoms with Crippen molar-refractivity contribution in [3.05, 3.63) is 28.2 Å². The van der Waals surface area contributed by atoms with Gasteiger partial charge in [0.1, 0.15) is 11.6 Å². The van der Waals surface area contributed by atoms with E-state index in [2.05, 4.69) is 42.9 Å². The molecule has 0 amide bonds. The van der Waals surface area contributed by atoms with Gasteiger partial charge in [0.15, 0.2) is 11.5 Å². The highest BCUT2D eigenvalue weighted by Crippen LogP contribution is 2.27. The Balaban J connectivity index is 1.97. The van der Waals surface area contributed by atoms with Gasteiger partial charge in [0, 0.05) is 32.2 Å². The number of benzene rings is 1. The highest BCUT2D eigenvalue weighted by Gasteiger charge is 2.21. The molecule has 0 unspecified atom stereocenters. The van der Waals surface area contributed by atoms with Crippen LogP contribution in [0, 0.1) is 12.7 Å². The summed E-state index contributed by atoms with van der Waals surface area (Å²) in [7, 11) is 2.11. The maximum atomic E-state index is 13.9. The van der Waals surface area contributed by atoms with E-state index < -0.39 is 0 Å². The van der Waals surface area contributed by atoms with Gasteiger partial charge in [-0.25, -0.2) is 18.9 Å². The third-order valence-electron chi connectivity index (χ3n) is 4.19. The SMILES string of the molecule is Cc1nc2c(N3CCN(C)CC3)nc3cc(F)c(Br)cc3n2n1. The third kappa shape index (κ3) is 2.46. The fraction of sp³-hybridized carbons (Fsp3) is 0.400. The summed E-state index contributed by atoms with van der Waals surface area (Å²) in [5.74, 6) is 1.12. The quantitative estimate of drug-likeness (QED) is 0.649. The first-order valence-electron chi connectivity index (χ1n) is 7.48. The van der Waals surface area contributed by atoms with Crippen LogP contribution in [-0.2, 0) is 0 Å². The summed E-state index contributed by atoms with van der Waals surface area (Å²) in [6.07, 6.45) is 0. The minimum Gasteiger partial charge on any atom is -0.351 e. The van der Waals surface area contributed by atoms with Gasteiger partial charge in [-0.3, -0.25) is 0 Å². The largest absolute Gasteiger partial charge is 0.351 e. The summed E-state index contributed by atoms with van der Waals surface area (Å²) in [5, 5.41) is 4.47. The number of anilines is 1. The number of aromatic nitrogens is 4. The van der Waals surface area contributed by atoms with Crippen molar-refractivity contribution in [1.82, 2.24) is 24.5 Å². The molecule has 3 heterocycles. The molecule has 120 valence electrons. The van der Waals surface area contributed by atoms with Crippen LogP contribution in [0.15, 0.2) is 16.6 Å². The number of likely N-dealkylation sites (N-methyl/N-ethyl adjacent to an activating group) is 1. The topological polar surface area (TPSA) is 49.6 Å². The summed E-state index contributed by atoms with van der Waals surface area (Å²) >= 11 is 3.23. The standard InChI is InChI=1S/C15H16BrFN6/c1-9-18-15-14(22-5-3-21(2)4-6-22)19-12-8-11(17)10(16)7-13(12)23(15)20-9/h7-8H,3-6H2,1-2H3. The van der Waals surface area contributed by atoms with Crippen LogP contribution in [0.3, 0.4) is 0 Å². The number of fused-ring (bicyclic) bond motifs is 3. The second kappa shape index (κ2) is 5.38. The van der Waals surface area contributed by atoms with E-state index in [1.54, 1.807) is 10.6 Å². The molecule has 0 radical (unpaired) electrons. The molecular formula is C15H16BrFN6. The van der Waals surface area contributed by atoms with Crippen LogP contribution in [-0.4, -0.2) is 57.7 Å². The molecule has 4 rings (SSSR count). The van der Waals surface area contributed by atoms with Crippen molar-refractivity contribution in [1.29, 1.82) is 0 Å². The van der Waals surface area contributed by atoms with Crippen LogP contribution in [0.25, 0.3) is 16.7 Å². The molecule has 1 aromatic carbocycles. The Labute approximate surface area is 141 Å². The van der Waals surface area contributed by atoms with Crippen LogP contribution < -0.4 is 4.90 Å². The van der Waals surface area contributed by atoms with Crippen molar-refractivity contribution < 1.29 is 4.39 Å². The first-order chi connectivity index (χ1) is 11.0. The maximum Gasteiger partial charge on any atom is 0.199 e. The van der Waals surface area contributed by atoms with Gasteiger partial charge in [0.25, 0.3) is 0 Å². The Hall–Kier alpha value is -1.80. The number of nitrogens with zero attached hydrogens (tertiary/aromatic N) is 6. The van der Waals surface area contributed by atoms with Crippen molar-refractivity contribution in [3.8, 4) is 0 Å². The van der Waals surface area contributed by atoms with Gasteiger partial charge in [-0.2, -0.15) is 5.10 Å². The van der Waals surface area contributed by atoms with Crippen molar-refractivity contribution in [2.45, 2.75) is 6.92 Å². The van der Waals surface area contributed by atoms with Gasteiger partial charge in [-0.15, -0.1) is 0 Å². The van der Waals surface area contributed by atoms with Crippen molar-refractivity contribution in [2.24, 2.45) is 0 Å². The van der Waals surface area contributed by atoms with Crippen molar-refractivity contribution >= 4 is 38.4 Å². The van der Waals surface area contributed by atoms with Gasteiger partial charge in [0.2, 0.25) is 0 Å². The molecule has 6 nitrogen and oxygen atoms in total. The Morgan fingerprint density at radius 1 is 1.13 bits per heavy atom. The zero-order valence-corrected chi connectivity index (χ0v) is 14.5. The average molecular weight is 379 g/mol. The molecule has 8 heteroatoms. The summed E-state index contributed by atoms with van der Waals surface area (Å²) < 4.78 is 16.1. The van der Waals surface area contributed by atoms with E-state index in [9.17, 15) is 4.39 Å². The van der Waals surface area contributed by atoms with Gasteiger partial charge < -0.3 is 9.80 Å². The summed E-state index contributed by atoms with van der Waals surface area (Å²) in [5.41, 5.74) is 2.04. The van der Waals surface area contributed by atoms with Gasteiger partial charge in [-0.1, -0.05) is 0 Å². The lowest BCUT2D eigenvalue weighted by Gasteiger charge is -2.33. The van der Waals surface area contributed by atoms with Crippen LogP contribution in [0.2, 0.25) is 0 Å². The first kappa shape index (κ1) is 14.8. The van der Waals surface area contributed by atoms with E-state index in [-0.39, 0.29) is 5.82 Å². The highest BCUT2D eigenvalue weighted by atomic mass is 79.9. The smallest absolute Gasteiger partial charge is 0.199 e. The maximum absolute atomic E-state index is 13.9. The van der Waals surface area contributed by atoms with E-state index in [1.807, 2.05) is 6.92 Å². The Bertz CT molecular complexity index is 900. The molecule has 0 bridgehead atoms. The van der Waals surface area contributed by atoms with Crippen LogP contribution in [0.1, 0.15) is 5.82 Å². The lowest BCUT2D eigenvalue weighted by molar-refractivity contribution is 0.312. The molecule has 3 aromatic rings. The fourth-order valence-electron chi connectivity index (χ4n) is 2.91. The lowest BCUT2D eigenvalue weighted by atomic mass is 10.2. The third-order valence-corrected chi connectivity index (χ3v) is 4.80. The summed E-state index contributed by atoms with van der Waals surface area (Å²) in [6.45, 7) is 5.53. The molecule has 1 fully saturated rings. The fourth-order valence-corrected chi connectivity index (χ4v) is 3.24. The number of piperazine rings is 1. The second-order valence-corrected chi connectivity index (χ2v) is 6.73. The molecule has 1 aliphatic heterocycles. The molecule has 0 saturated carbocycles. The van der Waals surface area contributed by atoms with E-state index in [4.69, 9.17) is 4.98 Å². The van der Waals surface area contributed by atoms with E-state index >= 15 is 0 Å². The van der Waals surface area contributed by atoms with Crippen molar-refractivity contribution in [3.63, 3.8) is 0 Å². The normalized spacial score (nSPS) is 16.6. The van der Waals surface area contributed by atoms with Gasteiger partial charge >= 0.3 is 0 Å². The van der Waals surface area contributed by atoms with Gasteiger partial charge in [-0.05, 0) is 36.0 Å². The van der Waals surface area contributed by atoms with Crippen LogP contribution in [0.4, 0.5) is 10.2 Å². The molecule has 2 aromatic heterocycles. The number of hydrogen-bond acceptors (Lipinski definition) is 5. The predicted molar refractivity (Wildman–Crippen MR) is 90.4 cm³/mol. The Morgan fingerprint density at radius 3 is 2.61 bits per heavy atom. The first-order valence-corrected chi connectivity index (χ1v) is 8.28. The number of halogens is 2. The van der Waals surface area contributed by atoms with Crippen molar-refractivity contribution in [2.75, 3.05) is 38.1 Å². The Morgan fingerprint density at radius 2 is 1.87 bits per heavy atom. The molecule has 0 N–H and O–H groups in total. The highest BCUT2D eigenvalue weighted by molar-refractivity contribution is 9.10. The molecule has 1 aliphatic rings. The summed E-state index contributed by atoms with van der Waals surface area (Å²) in [4.78, 5) is 13.7. The van der Waals surface area contributed by atoms with Crippen LogP contribution in [0.5, 0.6) is 0 Å². The molecule has 1 saturated heterocycles. The molecule has 23 heavy (non-hydrogen) atoms. The van der Waals surface area contributed by atoms with Crippen LogP contribution >= 0.6 is 15.9 Å². The minimum absolute atomic E-state index is 0.328. The molecule has 0 aliphatic carbocycles. The zero-order chi connectivity index (χ0) is 16.1. The molecular weight excluding hydrogens is 363 g/mol. The average Bonchev–Trinajstić information content (AvgIpc) is 2.91. The number of rotatable bonds is 1.